The molecule has 1 fully saturated rings. The largest absolute Gasteiger partial charge is 0.459 e. The second-order valence-corrected chi connectivity index (χ2v) is 5.37. The molecule has 0 spiro atoms. The molecule has 0 aliphatic carbocycles. The number of epoxide rings is 1. The summed E-state index contributed by atoms with van der Waals surface area (Å²) >= 11 is 0. The number of hydrogen-bond acceptors (Lipinski definition) is 3. The molecule has 0 bridgehead atoms. The number of carbonyl (C=O) groups excluding carboxylic acids is 1. The summed E-state index contributed by atoms with van der Waals surface area (Å²) in [5, 5.41) is 0. The Bertz CT molecular complexity index is 433. The van der Waals surface area contributed by atoms with Crippen LogP contribution in [0.4, 0.5) is 0 Å². The van der Waals surface area contributed by atoms with E-state index in [2.05, 4.69) is 26.8 Å². The van der Waals surface area contributed by atoms with Crippen LogP contribution in [0.15, 0.2) is 24.3 Å². The van der Waals surface area contributed by atoms with Crippen molar-refractivity contribution in [2.75, 3.05) is 13.2 Å². The van der Waals surface area contributed by atoms with E-state index in [1.165, 1.54) is 5.56 Å². The minimum Gasteiger partial charge on any atom is -0.459 e. The fraction of sp³-hybridized carbons (Fsp3) is 0.533. The summed E-state index contributed by atoms with van der Waals surface area (Å²) in [5.41, 5.74) is 1.87. The van der Waals surface area contributed by atoms with Crippen LogP contribution < -0.4 is 0 Å². The van der Waals surface area contributed by atoms with E-state index in [1.54, 1.807) is 6.07 Å². The molecule has 1 aromatic carbocycles. The van der Waals surface area contributed by atoms with Gasteiger partial charge in [0.15, 0.2) is 0 Å². The monoisotopic (exact) mass is 248 g/mol. The van der Waals surface area contributed by atoms with Crippen LogP contribution in [0.1, 0.15) is 43.1 Å². The number of ether oxygens (including phenoxy) is 2. The third-order valence-electron chi connectivity index (χ3n) is 3.57. The smallest absolute Gasteiger partial charge is 0.338 e. The molecule has 1 unspecified atom stereocenters. The highest BCUT2D eigenvalue weighted by molar-refractivity contribution is 5.89. The average molecular weight is 248 g/mol. The lowest BCUT2D eigenvalue weighted by atomic mass is 9.82. The average Bonchev–Trinajstić information content (AvgIpc) is 3.20. The summed E-state index contributed by atoms with van der Waals surface area (Å²) in [6.45, 7) is 7.57. The molecule has 1 aromatic rings. The van der Waals surface area contributed by atoms with Crippen LogP contribution >= 0.6 is 0 Å². The van der Waals surface area contributed by atoms with Crippen molar-refractivity contribution < 1.29 is 14.3 Å². The third kappa shape index (κ3) is 3.10. The van der Waals surface area contributed by atoms with Crippen molar-refractivity contribution >= 4 is 5.97 Å². The van der Waals surface area contributed by atoms with Gasteiger partial charge in [-0.05, 0) is 29.5 Å². The van der Waals surface area contributed by atoms with E-state index in [4.69, 9.17) is 9.47 Å². The highest BCUT2D eigenvalue weighted by atomic mass is 16.6. The molecule has 0 N–H and O–H groups in total. The van der Waals surface area contributed by atoms with Crippen LogP contribution in [0, 0.1) is 0 Å². The van der Waals surface area contributed by atoms with Crippen molar-refractivity contribution in [1.29, 1.82) is 0 Å². The van der Waals surface area contributed by atoms with E-state index in [0.717, 1.165) is 6.42 Å². The SMILES string of the molecule is CCC(C)(C)c1cccc(C(=O)OCC2CO2)c1. The van der Waals surface area contributed by atoms with E-state index in [-0.39, 0.29) is 17.5 Å². The molecule has 1 aliphatic heterocycles. The quantitative estimate of drug-likeness (QED) is 0.594. The molecule has 0 saturated carbocycles. The molecule has 1 atom stereocenters. The first kappa shape index (κ1) is 13.1. The maximum atomic E-state index is 11.9. The summed E-state index contributed by atoms with van der Waals surface area (Å²) in [5.74, 6) is -0.265. The number of esters is 1. The first-order chi connectivity index (χ1) is 8.53. The van der Waals surface area contributed by atoms with Gasteiger partial charge in [0, 0.05) is 0 Å². The minimum atomic E-state index is -0.265. The van der Waals surface area contributed by atoms with E-state index < -0.39 is 0 Å². The Kier molecular flexibility index (Phi) is 3.71. The molecule has 3 heteroatoms. The zero-order chi connectivity index (χ0) is 13.2. The Morgan fingerprint density at radius 3 is 2.83 bits per heavy atom. The summed E-state index contributed by atoms with van der Waals surface area (Å²) in [6, 6.07) is 7.70. The molecule has 3 nitrogen and oxygen atoms in total. The van der Waals surface area contributed by atoms with Gasteiger partial charge in [0.05, 0.1) is 12.2 Å². The lowest BCUT2D eigenvalue weighted by molar-refractivity contribution is 0.0476. The molecule has 0 aromatic heterocycles. The van der Waals surface area contributed by atoms with Gasteiger partial charge in [-0.3, -0.25) is 0 Å². The summed E-state index contributed by atoms with van der Waals surface area (Å²) in [7, 11) is 0. The lowest BCUT2D eigenvalue weighted by Gasteiger charge is -2.23. The van der Waals surface area contributed by atoms with Crippen molar-refractivity contribution in [1.82, 2.24) is 0 Å². The van der Waals surface area contributed by atoms with Crippen LogP contribution in [-0.4, -0.2) is 25.3 Å². The van der Waals surface area contributed by atoms with Gasteiger partial charge in [0.1, 0.15) is 12.7 Å². The Hall–Kier alpha value is -1.35. The summed E-state index contributed by atoms with van der Waals surface area (Å²) in [6.07, 6.45) is 1.14. The van der Waals surface area contributed by atoms with Gasteiger partial charge < -0.3 is 9.47 Å². The van der Waals surface area contributed by atoms with Crippen molar-refractivity contribution in [3.63, 3.8) is 0 Å². The fourth-order valence-electron chi connectivity index (χ4n) is 1.69. The van der Waals surface area contributed by atoms with Crippen molar-refractivity contribution in [3.8, 4) is 0 Å². The van der Waals surface area contributed by atoms with Gasteiger partial charge >= 0.3 is 5.97 Å². The fourth-order valence-corrected chi connectivity index (χ4v) is 1.69. The van der Waals surface area contributed by atoms with Crippen LogP contribution in [0.3, 0.4) is 0 Å². The molecule has 18 heavy (non-hydrogen) atoms. The topological polar surface area (TPSA) is 38.8 Å². The third-order valence-corrected chi connectivity index (χ3v) is 3.57. The van der Waals surface area contributed by atoms with Crippen molar-refractivity contribution in [2.45, 2.75) is 38.7 Å². The number of rotatable bonds is 5. The van der Waals surface area contributed by atoms with Crippen molar-refractivity contribution in [3.05, 3.63) is 35.4 Å². The molecule has 98 valence electrons. The van der Waals surface area contributed by atoms with Gasteiger partial charge in [-0.2, -0.15) is 0 Å². The van der Waals surface area contributed by atoms with Gasteiger partial charge in [0.25, 0.3) is 0 Å². The van der Waals surface area contributed by atoms with E-state index in [1.807, 2.05) is 12.1 Å². The number of benzene rings is 1. The first-order valence-electron chi connectivity index (χ1n) is 6.42. The zero-order valence-electron chi connectivity index (χ0n) is 11.2. The highest BCUT2D eigenvalue weighted by Gasteiger charge is 2.25. The Labute approximate surface area is 108 Å². The number of hydrogen-bond donors (Lipinski definition) is 0. The normalized spacial score (nSPS) is 18.5. The predicted octanol–water partition coefficient (Wildman–Crippen LogP) is 2.93. The standard InChI is InChI=1S/C15H20O3/c1-4-15(2,3)12-7-5-6-11(8-12)14(16)18-10-13-9-17-13/h5-8,13H,4,9-10H2,1-3H3. The van der Waals surface area contributed by atoms with Crippen LogP contribution in [0.5, 0.6) is 0 Å². The Morgan fingerprint density at radius 2 is 2.22 bits per heavy atom. The highest BCUT2D eigenvalue weighted by Crippen LogP contribution is 2.27. The van der Waals surface area contributed by atoms with Crippen molar-refractivity contribution in [2.24, 2.45) is 0 Å². The lowest BCUT2D eigenvalue weighted by Crippen LogP contribution is -2.17. The number of carbonyl (C=O) groups is 1. The van der Waals surface area contributed by atoms with Crippen LogP contribution in [0.25, 0.3) is 0 Å². The van der Waals surface area contributed by atoms with E-state index in [0.29, 0.717) is 18.8 Å². The second kappa shape index (κ2) is 5.11. The maximum absolute atomic E-state index is 11.9. The van der Waals surface area contributed by atoms with Gasteiger partial charge in [-0.15, -0.1) is 0 Å². The second-order valence-electron chi connectivity index (χ2n) is 5.37. The first-order valence-corrected chi connectivity index (χ1v) is 6.42. The Morgan fingerprint density at radius 1 is 1.50 bits per heavy atom. The Balaban J connectivity index is 2.08. The van der Waals surface area contributed by atoms with Gasteiger partial charge in [-0.1, -0.05) is 32.9 Å². The van der Waals surface area contributed by atoms with Crippen LogP contribution in [-0.2, 0) is 14.9 Å². The van der Waals surface area contributed by atoms with Gasteiger partial charge in [-0.25, -0.2) is 4.79 Å². The minimum absolute atomic E-state index is 0.0793. The maximum Gasteiger partial charge on any atom is 0.338 e. The van der Waals surface area contributed by atoms with E-state index >= 15 is 0 Å². The zero-order valence-corrected chi connectivity index (χ0v) is 11.2. The molecule has 1 saturated heterocycles. The summed E-state index contributed by atoms with van der Waals surface area (Å²) < 4.78 is 10.2. The molecule has 1 aliphatic rings. The van der Waals surface area contributed by atoms with Crippen LogP contribution in [0.2, 0.25) is 0 Å². The molecule has 0 radical (unpaired) electrons. The van der Waals surface area contributed by atoms with Gasteiger partial charge in [0.2, 0.25) is 0 Å². The molecule has 1 heterocycles. The molecule has 2 rings (SSSR count). The molecular weight excluding hydrogens is 228 g/mol. The predicted molar refractivity (Wildman–Crippen MR) is 69.8 cm³/mol. The summed E-state index contributed by atoms with van der Waals surface area (Å²) in [4.78, 5) is 11.9. The molecular formula is C15H20O3. The molecule has 0 amide bonds. The van der Waals surface area contributed by atoms with E-state index in [9.17, 15) is 4.79 Å².